The Morgan fingerprint density at radius 1 is 1.67 bits per heavy atom. The van der Waals surface area contributed by atoms with E-state index in [1.807, 2.05) is 0 Å². The summed E-state index contributed by atoms with van der Waals surface area (Å²) < 4.78 is 12.5. The van der Waals surface area contributed by atoms with Crippen molar-refractivity contribution >= 4 is 21.7 Å². The number of pyridine rings is 1. The van der Waals surface area contributed by atoms with Crippen LogP contribution in [0.15, 0.2) is 18.2 Å². The second-order valence-electron chi connectivity index (χ2n) is 2.33. The van der Waals surface area contributed by atoms with Crippen LogP contribution in [0.1, 0.15) is 17.4 Å². The zero-order valence-electron chi connectivity index (χ0n) is 6.42. The number of carbonyl (C=O) groups is 1. The summed E-state index contributed by atoms with van der Waals surface area (Å²) in [5.74, 6) is -0.844. The zero-order chi connectivity index (χ0) is 9.14. The Morgan fingerprint density at radius 2 is 2.33 bits per heavy atom. The van der Waals surface area contributed by atoms with Gasteiger partial charge in [-0.3, -0.25) is 4.79 Å². The molecular weight excluding hydrogens is 225 g/mol. The minimum Gasteiger partial charge on any atom is -0.291 e. The lowest BCUT2D eigenvalue weighted by Gasteiger charge is -2.00. The van der Waals surface area contributed by atoms with Crippen LogP contribution in [0.2, 0.25) is 0 Å². The Labute approximate surface area is 77.9 Å². The lowest BCUT2D eigenvalue weighted by Crippen LogP contribution is -2.12. The van der Waals surface area contributed by atoms with E-state index in [9.17, 15) is 9.18 Å². The standard InChI is InChI=1S/C8H7BrFNO/c1-5(9)8(12)6-3-2-4-7(10)11-6/h2-5H,1H3. The summed E-state index contributed by atoms with van der Waals surface area (Å²) in [6.45, 7) is 1.68. The van der Waals surface area contributed by atoms with E-state index in [4.69, 9.17) is 0 Å². The molecule has 1 aromatic rings. The minimum atomic E-state index is -0.631. The van der Waals surface area contributed by atoms with Gasteiger partial charge in [0.25, 0.3) is 0 Å². The quantitative estimate of drug-likeness (QED) is 0.444. The van der Waals surface area contributed by atoms with Crippen molar-refractivity contribution in [2.24, 2.45) is 0 Å². The van der Waals surface area contributed by atoms with E-state index in [2.05, 4.69) is 20.9 Å². The second kappa shape index (κ2) is 3.76. The van der Waals surface area contributed by atoms with E-state index in [1.165, 1.54) is 18.2 Å². The van der Waals surface area contributed by atoms with Crippen molar-refractivity contribution in [3.8, 4) is 0 Å². The maximum Gasteiger partial charge on any atom is 0.213 e. The lowest BCUT2D eigenvalue weighted by atomic mass is 10.2. The first kappa shape index (κ1) is 9.32. The average Bonchev–Trinajstić information content (AvgIpc) is 2.03. The van der Waals surface area contributed by atoms with Crippen LogP contribution in [0.25, 0.3) is 0 Å². The van der Waals surface area contributed by atoms with Crippen molar-refractivity contribution in [1.29, 1.82) is 0 Å². The van der Waals surface area contributed by atoms with E-state index in [0.29, 0.717) is 0 Å². The van der Waals surface area contributed by atoms with Gasteiger partial charge in [-0.2, -0.15) is 4.39 Å². The highest BCUT2D eigenvalue weighted by Gasteiger charge is 2.13. The third kappa shape index (κ3) is 2.11. The summed E-state index contributed by atoms with van der Waals surface area (Å²) in [5.41, 5.74) is 0.152. The molecule has 1 atom stereocenters. The smallest absolute Gasteiger partial charge is 0.213 e. The van der Waals surface area contributed by atoms with E-state index in [-0.39, 0.29) is 16.3 Å². The van der Waals surface area contributed by atoms with Crippen LogP contribution in [0.3, 0.4) is 0 Å². The van der Waals surface area contributed by atoms with Gasteiger partial charge in [0.15, 0.2) is 5.78 Å². The summed E-state index contributed by atoms with van der Waals surface area (Å²) in [5, 5.41) is 0. The molecule has 0 bridgehead atoms. The number of carbonyl (C=O) groups excluding carboxylic acids is 1. The monoisotopic (exact) mass is 231 g/mol. The first-order valence-electron chi connectivity index (χ1n) is 3.42. The van der Waals surface area contributed by atoms with Gasteiger partial charge < -0.3 is 0 Å². The number of hydrogen-bond donors (Lipinski definition) is 0. The van der Waals surface area contributed by atoms with Gasteiger partial charge in [-0.1, -0.05) is 22.0 Å². The van der Waals surface area contributed by atoms with Crippen molar-refractivity contribution in [3.05, 3.63) is 29.8 Å². The van der Waals surface area contributed by atoms with Crippen molar-refractivity contribution in [3.63, 3.8) is 0 Å². The molecule has 0 aliphatic carbocycles. The van der Waals surface area contributed by atoms with Crippen molar-refractivity contribution < 1.29 is 9.18 Å². The maximum atomic E-state index is 12.5. The largest absolute Gasteiger partial charge is 0.291 e. The molecule has 0 saturated carbocycles. The first-order valence-corrected chi connectivity index (χ1v) is 4.33. The van der Waals surface area contributed by atoms with E-state index in [1.54, 1.807) is 6.92 Å². The van der Waals surface area contributed by atoms with Crippen LogP contribution < -0.4 is 0 Å². The number of halogens is 2. The molecule has 2 nitrogen and oxygen atoms in total. The number of nitrogens with zero attached hydrogens (tertiary/aromatic N) is 1. The molecule has 1 heterocycles. The Morgan fingerprint density at radius 3 is 2.83 bits per heavy atom. The molecular formula is C8H7BrFNO. The molecule has 0 radical (unpaired) electrons. The molecule has 0 spiro atoms. The second-order valence-corrected chi connectivity index (χ2v) is 3.70. The highest BCUT2D eigenvalue weighted by atomic mass is 79.9. The minimum absolute atomic E-state index is 0.152. The van der Waals surface area contributed by atoms with Gasteiger partial charge in [-0.15, -0.1) is 0 Å². The molecule has 0 N–H and O–H groups in total. The van der Waals surface area contributed by atoms with Gasteiger partial charge in [0, 0.05) is 0 Å². The number of alkyl halides is 1. The topological polar surface area (TPSA) is 30.0 Å². The molecule has 12 heavy (non-hydrogen) atoms. The molecule has 0 aliphatic rings. The van der Waals surface area contributed by atoms with Gasteiger partial charge >= 0.3 is 0 Å². The van der Waals surface area contributed by atoms with E-state index >= 15 is 0 Å². The third-order valence-electron chi connectivity index (χ3n) is 1.33. The fourth-order valence-corrected chi connectivity index (χ4v) is 0.984. The molecule has 0 amide bonds. The molecule has 1 rings (SSSR count). The molecule has 1 aromatic heterocycles. The van der Waals surface area contributed by atoms with Crippen LogP contribution in [-0.2, 0) is 0 Å². The molecule has 1 unspecified atom stereocenters. The van der Waals surface area contributed by atoms with Crippen molar-refractivity contribution in [2.75, 3.05) is 0 Å². The summed E-state index contributed by atoms with van der Waals surface area (Å²) in [6.07, 6.45) is 0. The van der Waals surface area contributed by atoms with E-state index < -0.39 is 5.95 Å². The zero-order valence-corrected chi connectivity index (χ0v) is 8.01. The molecule has 0 fully saturated rings. The van der Waals surface area contributed by atoms with Gasteiger partial charge in [0.1, 0.15) is 5.69 Å². The lowest BCUT2D eigenvalue weighted by molar-refractivity contribution is 0.0990. The summed E-state index contributed by atoms with van der Waals surface area (Å²) in [4.78, 5) is 14.3. The van der Waals surface area contributed by atoms with Gasteiger partial charge in [-0.05, 0) is 19.1 Å². The Balaban J connectivity index is 2.96. The fourth-order valence-electron chi connectivity index (χ4n) is 0.749. The molecule has 64 valence electrons. The van der Waals surface area contributed by atoms with E-state index in [0.717, 1.165) is 0 Å². The summed E-state index contributed by atoms with van der Waals surface area (Å²) in [6, 6.07) is 4.16. The van der Waals surface area contributed by atoms with Crippen LogP contribution in [0, 0.1) is 5.95 Å². The van der Waals surface area contributed by atoms with Gasteiger partial charge in [-0.25, -0.2) is 4.98 Å². The van der Waals surface area contributed by atoms with Crippen molar-refractivity contribution in [2.45, 2.75) is 11.8 Å². The number of Topliss-reactive ketones (excluding diaryl/α,β-unsaturated/α-hetero) is 1. The van der Waals surface area contributed by atoms with Gasteiger partial charge in [0.2, 0.25) is 5.95 Å². The Bertz CT molecular complexity index is 301. The molecule has 4 heteroatoms. The Kier molecular flexibility index (Phi) is 2.92. The predicted molar refractivity (Wildman–Crippen MR) is 46.9 cm³/mol. The number of hydrogen-bond acceptors (Lipinski definition) is 2. The number of rotatable bonds is 2. The third-order valence-corrected chi connectivity index (χ3v) is 1.74. The maximum absolute atomic E-state index is 12.5. The molecule has 0 aromatic carbocycles. The van der Waals surface area contributed by atoms with Crippen molar-refractivity contribution in [1.82, 2.24) is 4.98 Å². The summed E-state index contributed by atoms with van der Waals surface area (Å²) >= 11 is 3.09. The predicted octanol–water partition coefficient (Wildman–Crippen LogP) is 2.19. The van der Waals surface area contributed by atoms with Crippen LogP contribution >= 0.6 is 15.9 Å². The fraction of sp³-hybridized carbons (Fsp3) is 0.250. The number of aromatic nitrogens is 1. The highest BCUT2D eigenvalue weighted by Crippen LogP contribution is 2.07. The average molecular weight is 232 g/mol. The SMILES string of the molecule is CC(Br)C(=O)c1cccc(F)n1. The summed E-state index contributed by atoms with van der Waals surface area (Å²) in [7, 11) is 0. The van der Waals surface area contributed by atoms with Crippen LogP contribution in [0.4, 0.5) is 4.39 Å². The van der Waals surface area contributed by atoms with Gasteiger partial charge in [0.05, 0.1) is 4.83 Å². The first-order chi connectivity index (χ1) is 5.61. The highest BCUT2D eigenvalue weighted by molar-refractivity contribution is 9.10. The number of ketones is 1. The Hall–Kier alpha value is -0.770. The molecule has 0 aliphatic heterocycles. The normalized spacial score (nSPS) is 12.6. The van der Waals surface area contributed by atoms with Crippen LogP contribution in [-0.4, -0.2) is 15.6 Å². The molecule has 0 saturated heterocycles. The van der Waals surface area contributed by atoms with Crippen LogP contribution in [0.5, 0.6) is 0 Å².